The van der Waals surface area contributed by atoms with Crippen molar-refractivity contribution < 1.29 is 14.3 Å². The van der Waals surface area contributed by atoms with Crippen LogP contribution in [0.25, 0.3) is 0 Å². The number of carbonyl (C=O) groups excluding carboxylic acids is 2. The third kappa shape index (κ3) is 6.71. The van der Waals surface area contributed by atoms with Gasteiger partial charge in [-0.05, 0) is 46.2 Å². The van der Waals surface area contributed by atoms with Crippen LogP contribution >= 0.6 is 0 Å². The number of esters is 1. The van der Waals surface area contributed by atoms with Gasteiger partial charge in [0.15, 0.2) is 0 Å². The van der Waals surface area contributed by atoms with Crippen molar-refractivity contribution in [3.05, 3.63) is 0 Å². The third-order valence-corrected chi connectivity index (χ3v) is 3.83. The zero-order valence-electron chi connectivity index (χ0n) is 12.3. The number of hydrogen-bond donors (Lipinski definition) is 0. The fourth-order valence-corrected chi connectivity index (χ4v) is 2.59. The van der Waals surface area contributed by atoms with Crippen molar-refractivity contribution >= 4 is 11.8 Å². The van der Waals surface area contributed by atoms with E-state index in [0.29, 0.717) is 24.9 Å². The Kier molecular flexibility index (Phi) is 7.72. The molecular formula is C15H27NO3. The second kappa shape index (κ2) is 9.08. The van der Waals surface area contributed by atoms with Crippen molar-refractivity contribution in [2.24, 2.45) is 0 Å². The Hall–Kier alpha value is -0.900. The number of ether oxygens (including phenoxy) is 1. The van der Waals surface area contributed by atoms with Crippen LogP contribution in [-0.4, -0.2) is 42.9 Å². The zero-order valence-corrected chi connectivity index (χ0v) is 12.3. The molecule has 110 valence electrons. The Morgan fingerprint density at radius 3 is 2.58 bits per heavy atom. The largest absolute Gasteiger partial charge is 0.466 e. The molecule has 0 aromatic rings. The first-order valence-corrected chi connectivity index (χ1v) is 7.51. The number of unbranched alkanes of at least 4 members (excludes halogenated alkanes) is 2. The van der Waals surface area contributed by atoms with E-state index in [4.69, 9.17) is 4.74 Å². The summed E-state index contributed by atoms with van der Waals surface area (Å²) in [5.74, 6) is 0.334. The van der Waals surface area contributed by atoms with E-state index in [0.717, 1.165) is 51.5 Å². The molecular weight excluding hydrogens is 242 g/mol. The van der Waals surface area contributed by atoms with Gasteiger partial charge in [-0.15, -0.1) is 0 Å². The molecule has 1 aliphatic carbocycles. The number of ketones is 1. The molecule has 4 nitrogen and oxygen atoms in total. The van der Waals surface area contributed by atoms with Gasteiger partial charge >= 0.3 is 5.97 Å². The normalized spacial score (nSPS) is 16.9. The number of carbonyl (C=O) groups is 2. The van der Waals surface area contributed by atoms with E-state index >= 15 is 0 Å². The smallest absolute Gasteiger partial charge is 0.305 e. The maximum absolute atomic E-state index is 11.2. The monoisotopic (exact) mass is 269 g/mol. The third-order valence-electron chi connectivity index (χ3n) is 3.83. The van der Waals surface area contributed by atoms with Crippen molar-refractivity contribution in [1.29, 1.82) is 0 Å². The van der Waals surface area contributed by atoms with Crippen molar-refractivity contribution in [3.63, 3.8) is 0 Å². The second-order valence-electron chi connectivity index (χ2n) is 5.37. The van der Waals surface area contributed by atoms with Gasteiger partial charge in [-0.1, -0.05) is 6.42 Å². The Bertz CT molecular complexity index is 281. The second-order valence-corrected chi connectivity index (χ2v) is 5.37. The highest BCUT2D eigenvalue weighted by molar-refractivity contribution is 5.79. The SMILES string of the molecule is CCOC(=O)CCCCCN(C)C1CCC(=O)CC1. The minimum Gasteiger partial charge on any atom is -0.466 e. The van der Waals surface area contributed by atoms with E-state index in [1.807, 2.05) is 6.92 Å². The number of rotatable bonds is 8. The Labute approximate surface area is 116 Å². The van der Waals surface area contributed by atoms with Gasteiger partial charge < -0.3 is 9.64 Å². The molecule has 1 aliphatic rings. The summed E-state index contributed by atoms with van der Waals surface area (Å²) in [7, 11) is 2.14. The molecule has 0 aromatic carbocycles. The molecule has 0 N–H and O–H groups in total. The average Bonchev–Trinajstić information content (AvgIpc) is 2.39. The van der Waals surface area contributed by atoms with Crippen LogP contribution in [0.5, 0.6) is 0 Å². The molecule has 0 heterocycles. The summed E-state index contributed by atoms with van der Waals surface area (Å²) < 4.78 is 4.89. The van der Waals surface area contributed by atoms with Gasteiger partial charge in [-0.2, -0.15) is 0 Å². The van der Waals surface area contributed by atoms with Crippen molar-refractivity contribution in [2.45, 2.75) is 64.3 Å². The first kappa shape index (κ1) is 16.2. The molecule has 0 atom stereocenters. The molecule has 0 radical (unpaired) electrons. The van der Waals surface area contributed by atoms with E-state index in [2.05, 4.69) is 11.9 Å². The van der Waals surface area contributed by atoms with Gasteiger partial charge in [0.05, 0.1) is 6.61 Å². The molecule has 0 amide bonds. The Balaban J connectivity index is 2.02. The highest BCUT2D eigenvalue weighted by atomic mass is 16.5. The van der Waals surface area contributed by atoms with Crippen LogP contribution in [0.2, 0.25) is 0 Å². The van der Waals surface area contributed by atoms with Crippen LogP contribution in [0.1, 0.15) is 58.3 Å². The predicted octanol–water partition coefficient (Wildman–Crippen LogP) is 2.55. The van der Waals surface area contributed by atoms with Crippen LogP contribution in [0.4, 0.5) is 0 Å². The van der Waals surface area contributed by atoms with Gasteiger partial charge in [0.2, 0.25) is 0 Å². The van der Waals surface area contributed by atoms with Crippen molar-refractivity contribution in [3.8, 4) is 0 Å². The van der Waals surface area contributed by atoms with Gasteiger partial charge in [-0.25, -0.2) is 0 Å². The molecule has 0 saturated heterocycles. The lowest BCUT2D eigenvalue weighted by atomic mass is 9.93. The lowest BCUT2D eigenvalue weighted by Crippen LogP contribution is -2.35. The van der Waals surface area contributed by atoms with Gasteiger partial charge in [0.1, 0.15) is 5.78 Å². The quantitative estimate of drug-likeness (QED) is 0.502. The maximum Gasteiger partial charge on any atom is 0.305 e. The lowest BCUT2D eigenvalue weighted by Gasteiger charge is -2.30. The Morgan fingerprint density at radius 2 is 1.95 bits per heavy atom. The lowest BCUT2D eigenvalue weighted by molar-refractivity contribution is -0.143. The minimum atomic E-state index is -0.0818. The highest BCUT2D eigenvalue weighted by Crippen LogP contribution is 2.19. The summed E-state index contributed by atoms with van der Waals surface area (Å²) in [6, 6.07) is 0.572. The summed E-state index contributed by atoms with van der Waals surface area (Å²) >= 11 is 0. The van der Waals surface area contributed by atoms with Crippen LogP contribution in [0.15, 0.2) is 0 Å². The highest BCUT2D eigenvalue weighted by Gasteiger charge is 2.21. The number of nitrogens with zero attached hydrogens (tertiary/aromatic N) is 1. The molecule has 4 heteroatoms. The fourth-order valence-electron chi connectivity index (χ4n) is 2.59. The van der Waals surface area contributed by atoms with Crippen molar-refractivity contribution in [1.82, 2.24) is 4.90 Å². The molecule has 1 fully saturated rings. The van der Waals surface area contributed by atoms with E-state index in [1.165, 1.54) is 0 Å². The summed E-state index contributed by atoms with van der Waals surface area (Å²) in [5.41, 5.74) is 0. The summed E-state index contributed by atoms with van der Waals surface area (Å²) in [5, 5.41) is 0. The van der Waals surface area contributed by atoms with E-state index in [1.54, 1.807) is 0 Å². The molecule has 0 spiro atoms. The zero-order chi connectivity index (χ0) is 14.1. The molecule has 0 unspecified atom stereocenters. The van der Waals surface area contributed by atoms with Crippen LogP contribution in [-0.2, 0) is 14.3 Å². The molecule has 0 bridgehead atoms. The topological polar surface area (TPSA) is 46.6 Å². The molecule has 1 rings (SSSR count). The molecule has 1 saturated carbocycles. The van der Waals surface area contributed by atoms with Crippen LogP contribution in [0, 0.1) is 0 Å². The van der Waals surface area contributed by atoms with E-state index in [9.17, 15) is 9.59 Å². The molecule has 0 aliphatic heterocycles. The summed E-state index contributed by atoms with van der Waals surface area (Å²) in [6.45, 7) is 3.37. The Morgan fingerprint density at radius 1 is 1.26 bits per heavy atom. The number of Topliss-reactive ketones (excluding diaryl/α,β-unsaturated/α-hetero) is 1. The maximum atomic E-state index is 11.2. The van der Waals surface area contributed by atoms with E-state index < -0.39 is 0 Å². The molecule has 0 aromatic heterocycles. The minimum absolute atomic E-state index is 0.0818. The fraction of sp³-hybridized carbons (Fsp3) is 0.867. The first-order chi connectivity index (χ1) is 9.13. The van der Waals surface area contributed by atoms with Crippen LogP contribution in [0.3, 0.4) is 0 Å². The molecule has 19 heavy (non-hydrogen) atoms. The van der Waals surface area contributed by atoms with Crippen LogP contribution < -0.4 is 0 Å². The standard InChI is InChI=1S/C15H27NO3/c1-3-19-15(18)7-5-4-6-12-16(2)13-8-10-14(17)11-9-13/h13H,3-12H2,1-2H3. The summed E-state index contributed by atoms with van der Waals surface area (Å²) in [4.78, 5) is 24.7. The van der Waals surface area contributed by atoms with Gasteiger partial charge in [0.25, 0.3) is 0 Å². The summed E-state index contributed by atoms with van der Waals surface area (Å²) in [6.07, 6.45) is 7.15. The van der Waals surface area contributed by atoms with Gasteiger partial charge in [0, 0.05) is 25.3 Å². The average molecular weight is 269 g/mol. The number of hydrogen-bond acceptors (Lipinski definition) is 4. The van der Waals surface area contributed by atoms with Gasteiger partial charge in [-0.3, -0.25) is 9.59 Å². The predicted molar refractivity (Wildman–Crippen MR) is 75.0 cm³/mol. The first-order valence-electron chi connectivity index (χ1n) is 7.51. The van der Waals surface area contributed by atoms with E-state index in [-0.39, 0.29) is 5.97 Å². The van der Waals surface area contributed by atoms with Crippen molar-refractivity contribution in [2.75, 3.05) is 20.2 Å².